The molecular formula is C8H17NO2. The van der Waals surface area contributed by atoms with Crippen molar-refractivity contribution in [1.82, 2.24) is 5.48 Å². The summed E-state index contributed by atoms with van der Waals surface area (Å²) in [5.41, 5.74) is 1.63. The highest BCUT2D eigenvalue weighted by Gasteiger charge is 2.06. The van der Waals surface area contributed by atoms with Crippen molar-refractivity contribution < 1.29 is 10.0 Å². The van der Waals surface area contributed by atoms with Gasteiger partial charge < -0.3 is 0 Å². The first-order chi connectivity index (χ1) is 5.20. The number of unbranched alkanes of at least 4 members (excludes halogenated alkanes) is 1. The van der Waals surface area contributed by atoms with Crippen molar-refractivity contribution >= 4 is 5.91 Å². The number of hydrogen-bond donors (Lipinski definition) is 2. The highest BCUT2D eigenvalue weighted by molar-refractivity contribution is 5.74. The second kappa shape index (κ2) is 6.16. The van der Waals surface area contributed by atoms with E-state index in [0.29, 0.717) is 12.3 Å². The van der Waals surface area contributed by atoms with Crippen molar-refractivity contribution in [2.75, 3.05) is 0 Å². The van der Waals surface area contributed by atoms with Gasteiger partial charge in [0.15, 0.2) is 0 Å². The fourth-order valence-electron chi connectivity index (χ4n) is 1.02. The highest BCUT2D eigenvalue weighted by Crippen LogP contribution is 2.10. The molecule has 3 nitrogen and oxygen atoms in total. The monoisotopic (exact) mass is 159 g/mol. The maximum atomic E-state index is 10.6. The van der Waals surface area contributed by atoms with Crippen LogP contribution in [0.1, 0.15) is 39.5 Å². The van der Waals surface area contributed by atoms with Crippen LogP contribution in [-0.2, 0) is 4.79 Å². The van der Waals surface area contributed by atoms with Gasteiger partial charge in [-0.15, -0.1) is 0 Å². The summed E-state index contributed by atoms with van der Waals surface area (Å²) >= 11 is 0. The van der Waals surface area contributed by atoms with Gasteiger partial charge in [0.25, 0.3) is 0 Å². The lowest BCUT2D eigenvalue weighted by molar-refractivity contribution is -0.130. The maximum Gasteiger partial charge on any atom is 0.243 e. The van der Waals surface area contributed by atoms with Gasteiger partial charge >= 0.3 is 0 Å². The fourth-order valence-corrected chi connectivity index (χ4v) is 1.02. The summed E-state index contributed by atoms with van der Waals surface area (Å²) in [6.07, 6.45) is 3.80. The lowest BCUT2D eigenvalue weighted by Gasteiger charge is -2.07. The minimum absolute atomic E-state index is 0.284. The third kappa shape index (κ3) is 5.85. The van der Waals surface area contributed by atoms with Crippen LogP contribution in [0, 0.1) is 5.92 Å². The Labute approximate surface area is 67.8 Å². The third-order valence-corrected chi connectivity index (χ3v) is 1.71. The van der Waals surface area contributed by atoms with Crippen LogP contribution in [-0.4, -0.2) is 11.1 Å². The van der Waals surface area contributed by atoms with Crippen molar-refractivity contribution in [3.63, 3.8) is 0 Å². The van der Waals surface area contributed by atoms with Gasteiger partial charge in [0, 0.05) is 6.42 Å². The average Bonchev–Trinajstić information content (AvgIpc) is 2.00. The molecule has 0 spiro atoms. The van der Waals surface area contributed by atoms with E-state index < -0.39 is 0 Å². The van der Waals surface area contributed by atoms with Crippen LogP contribution in [0.3, 0.4) is 0 Å². The lowest BCUT2D eigenvalue weighted by Crippen LogP contribution is -2.20. The normalized spacial score (nSPS) is 12.6. The Balaban J connectivity index is 3.35. The van der Waals surface area contributed by atoms with Gasteiger partial charge in [-0.3, -0.25) is 10.0 Å². The van der Waals surface area contributed by atoms with E-state index in [1.165, 1.54) is 0 Å². The zero-order valence-corrected chi connectivity index (χ0v) is 7.26. The molecule has 0 rings (SSSR count). The van der Waals surface area contributed by atoms with E-state index in [4.69, 9.17) is 5.21 Å². The highest BCUT2D eigenvalue weighted by atomic mass is 16.5. The molecule has 0 heterocycles. The molecule has 1 amide bonds. The van der Waals surface area contributed by atoms with Crippen LogP contribution >= 0.6 is 0 Å². The topological polar surface area (TPSA) is 49.3 Å². The number of rotatable bonds is 5. The Kier molecular flexibility index (Phi) is 5.84. The van der Waals surface area contributed by atoms with Crippen LogP contribution in [0.4, 0.5) is 0 Å². The van der Waals surface area contributed by atoms with Crippen molar-refractivity contribution in [1.29, 1.82) is 0 Å². The van der Waals surface area contributed by atoms with Crippen molar-refractivity contribution in [3.05, 3.63) is 0 Å². The lowest BCUT2D eigenvalue weighted by atomic mass is 10.0. The first kappa shape index (κ1) is 10.4. The molecule has 0 aliphatic rings. The van der Waals surface area contributed by atoms with E-state index in [9.17, 15) is 4.79 Å². The van der Waals surface area contributed by atoms with Gasteiger partial charge in [-0.1, -0.05) is 33.1 Å². The number of carbonyl (C=O) groups is 1. The summed E-state index contributed by atoms with van der Waals surface area (Å²) < 4.78 is 0. The minimum Gasteiger partial charge on any atom is -0.289 e. The molecule has 2 N–H and O–H groups in total. The van der Waals surface area contributed by atoms with Crippen molar-refractivity contribution in [3.8, 4) is 0 Å². The zero-order chi connectivity index (χ0) is 8.69. The summed E-state index contributed by atoms with van der Waals surface area (Å²) in [6.45, 7) is 4.14. The summed E-state index contributed by atoms with van der Waals surface area (Å²) in [6, 6.07) is 0. The summed E-state index contributed by atoms with van der Waals surface area (Å²) in [5, 5.41) is 8.21. The maximum absolute atomic E-state index is 10.6. The molecule has 0 saturated heterocycles. The average molecular weight is 159 g/mol. The SMILES string of the molecule is CCCCC(C)CC(=O)NO. The second-order valence-electron chi connectivity index (χ2n) is 2.99. The molecule has 1 unspecified atom stereocenters. The number of carbonyl (C=O) groups excluding carboxylic acids is 1. The van der Waals surface area contributed by atoms with Crippen LogP contribution < -0.4 is 5.48 Å². The molecule has 0 saturated carbocycles. The van der Waals surface area contributed by atoms with E-state index in [2.05, 4.69) is 6.92 Å². The van der Waals surface area contributed by atoms with Gasteiger partial charge in [0.05, 0.1) is 0 Å². The van der Waals surface area contributed by atoms with Gasteiger partial charge in [-0.25, -0.2) is 5.48 Å². The Hall–Kier alpha value is -0.570. The summed E-state index contributed by atoms with van der Waals surface area (Å²) in [5.74, 6) is 0.0932. The molecule has 11 heavy (non-hydrogen) atoms. The predicted octanol–water partition coefficient (Wildman–Crippen LogP) is 1.71. The van der Waals surface area contributed by atoms with E-state index in [1.54, 1.807) is 5.48 Å². The number of hydrogen-bond acceptors (Lipinski definition) is 2. The Bertz CT molecular complexity index is 115. The molecule has 0 aliphatic heterocycles. The van der Waals surface area contributed by atoms with E-state index in [1.807, 2.05) is 6.92 Å². The predicted molar refractivity (Wildman–Crippen MR) is 43.2 cm³/mol. The zero-order valence-electron chi connectivity index (χ0n) is 7.26. The van der Waals surface area contributed by atoms with Gasteiger partial charge in [-0.05, 0) is 5.92 Å². The van der Waals surface area contributed by atoms with E-state index in [-0.39, 0.29) is 5.91 Å². The molecule has 66 valence electrons. The van der Waals surface area contributed by atoms with Gasteiger partial charge in [0.2, 0.25) is 5.91 Å². The molecule has 0 radical (unpaired) electrons. The number of amides is 1. The van der Waals surface area contributed by atoms with Crippen molar-refractivity contribution in [2.45, 2.75) is 39.5 Å². The summed E-state index contributed by atoms with van der Waals surface area (Å²) in [7, 11) is 0. The molecule has 0 aromatic rings. The van der Waals surface area contributed by atoms with Crippen LogP contribution in [0.2, 0.25) is 0 Å². The van der Waals surface area contributed by atoms with Gasteiger partial charge in [0.1, 0.15) is 0 Å². The molecule has 0 aliphatic carbocycles. The number of nitrogens with one attached hydrogen (secondary N) is 1. The first-order valence-corrected chi connectivity index (χ1v) is 4.13. The van der Waals surface area contributed by atoms with Crippen LogP contribution in [0.5, 0.6) is 0 Å². The molecule has 0 bridgehead atoms. The minimum atomic E-state index is -0.284. The molecule has 0 aromatic carbocycles. The largest absolute Gasteiger partial charge is 0.289 e. The fraction of sp³-hybridized carbons (Fsp3) is 0.875. The van der Waals surface area contributed by atoms with Crippen LogP contribution in [0.15, 0.2) is 0 Å². The second-order valence-corrected chi connectivity index (χ2v) is 2.99. The first-order valence-electron chi connectivity index (χ1n) is 4.13. The van der Waals surface area contributed by atoms with Crippen LogP contribution in [0.25, 0.3) is 0 Å². The Morgan fingerprint density at radius 3 is 2.73 bits per heavy atom. The van der Waals surface area contributed by atoms with E-state index >= 15 is 0 Å². The van der Waals surface area contributed by atoms with E-state index in [0.717, 1.165) is 19.3 Å². The molecule has 3 heteroatoms. The smallest absolute Gasteiger partial charge is 0.243 e. The molecule has 0 fully saturated rings. The van der Waals surface area contributed by atoms with Crippen molar-refractivity contribution in [2.24, 2.45) is 5.92 Å². The standard InChI is InChI=1S/C8H17NO2/c1-3-4-5-7(2)6-8(10)9-11/h7,11H,3-6H2,1-2H3,(H,9,10). The molecule has 0 aromatic heterocycles. The molecular weight excluding hydrogens is 142 g/mol. The third-order valence-electron chi connectivity index (χ3n) is 1.71. The number of hydroxylamine groups is 1. The summed E-state index contributed by atoms with van der Waals surface area (Å²) in [4.78, 5) is 10.6. The Morgan fingerprint density at radius 1 is 1.64 bits per heavy atom. The van der Waals surface area contributed by atoms with Gasteiger partial charge in [-0.2, -0.15) is 0 Å². The Morgan fingerprint density at radius 2 is 2.27 bits per heavy atom. The quantitative estimate of drug-likeness (QED) is 0.474. The molecule has 1 atom stereocenters.